The van der Waals surface area contributed by atoms with E-state index in [2.05, 4.69) is 31.2 Å². The molecule has 2 aromatic carbocycles. The highest BCUT2D eigenvalue weighted by atomic mass is 33.1. The minimum absolute atomic E-state index is 0.0119. The molecule has 0 radical (unpaired) electrons. The number of fused-ring (bicyclic) bond motifs is 1. The number of carbonyl (C=O) groups is 4. The molecule has 0 saturated heterocycles. The van der Waals surface area contributed by atoms with Gasteiger partial charge in [0, 0.05) is 42.7 Å². The molecular formula is C41H53N7O8S3. The molecule has 4 aromatic rings. The number of aliphatic hydroxyl groups is 2. The van der Waals surface area contributed by atoms with Crippen LogP contribution in [0.1, 0.15) is 64.6 Å². The Balaban J connectivity index is 1.53. The van der Waals surface area contributed by atoms with Crippen LogP contribution in [-0.4, -0.2) is 91.4 Å². The molecule has 4 rings (SSSR count). The van der Waals surface area contributed by atoms with Crippen molar-refractivity contribution < 1.29 is 34.3 Å². The molecule has 1 unspecified atom stereocenters. The fourth-order valence-electron chi connectivity index (χ4n) is 6.37. The van der Waals surface area contributed by atoms with Gasteiger partial charge in [-0.2, -0.15) is 0 Å². The van der Waals surface area contributed by atoms with Crippen LogP contribution in [0.2, 0.25) is 0 Å². The van der Waals surface area contributed by atoms with E-state index in [0.29, 0.717) is 12.1 Å². The lowest BCUT2D eigenvalue weighted by Gasteiger charge is -2.29. The van der Waals surface area contributed by atoms with Crippen molar-refractivity contribution in [2.75, 3.05) is 12.4 Å². The Bertz CT molecular complexity index is 2000. The average molecular weight is 868 g/mol. The number of amides is 4. The number of nitro groups is 1. The molecule has 15 nitrogen and oxygen atoms in total. The Hall–Kier alpha value is -4.62. The van der Waals surface area contributed by atoms with E-state index >= 15 is 0 Å². The summed E-state index contributed by atoms with van der Waals surface area (Å²) in [5.41, 5.74) is 2.82. The third-order valence-electron chi connectivity index (χ3n) is 9.77. The molecule has 18 heteroatoms. The average Bonchev–Trinajstić information content (AvgIpc) is 3.73. The Morgan fingerprint density at radius 3 is 2.31 bits per heavy atom. The number of hydrogen-bond donors (Lipinski definition) is 6. The maximum absolute atomic E-state index is 14.3. The van der Waals surface area contributed by atoms with Gasteiger partial charge in [0.25, 0.3) is 0 Å². The van der Waals surface area contributed by atoms with Crippen molar-refractivity contribution in [3.63, 3.8) is 0 Å². The summed E-state index contributed by atoms with van der Waals surface area (Å²) < 4.78 is 0. The molecule has 318 valence electrons. The number of pyridine rings is 1. The monoisotopic (exact) mass is 867 g/mol. The van der Waals surface area contributed by atoms with E-state index in [1.807, 2.05) is 70.2 Å². The lowest BCUT2D eigenvalue weighted by atomic mass is 9.95. The van der Waals surface area contributed by atoms with Crippen molar-refractivity contribution in [3.05, 3.63) is 93.1 Å². The number of aromatic nitrogens is 2. The summed E-state index contributed by atoms with van der Waals surface area (Å²) in [4.78, 5) is 74.1. The van der Waals surface area contributed by atoms with Crippen LogP contribution in [0.4, 0.5) is 5.69 Å². The second-order valence-electron chi connectivity index (χ2n) is 14.7. The van der Waals surface area contributed by atoms with E-state index in [-0.39, 0.29) is 60.6 Å². The summed E-state index contributed by atoms with van der Waals surface area (Å²) in [6.45, 7) is 7.46. The molecule has 0 bridgehead atoms. The third-order valence-corrected chi connectivity index (χ3v) is 12.7. The molecule has 6 N–H and O–H groups in total. The zero-order chi connectivity index (χ0) is 42.9. The Kier molecular flexibility index (Phi) is 19.0. The topological polar surface area (TPSA) is 226 Å². The van der Waals surface area contributed by atoms with Gasteiger partial charge in [-0.15, -0.1) is 11.3 Å². The second-order valence-corrected chi connectivity index (χ2v) is 17.8. The molecule has 0 aliphatic carbocycles. The predicted molar refractivity (Wildman–Crippen MR) is 232 cm³/mol. The van der Waals surface area contributed by atoms with Gasteiger partial charge in [-0.25, -0.2) is 9.97 Å². The van der Waals surface area contributed by atoms with Gasteiger partial charge in [0.2, 0.25) is 23.6 Å². The number of rotatable bonds is 24. The predicted octanol–water partition coefficient (Wildman–Crippen LogP) is 4.99. The molecule has 6 atom stereocenters. The standard InChI is InChI=1S/C41H53N7O8S3/c1-5-26(4)34(22-49)45-38(52)21-36(50)31(18-25(2)3)46-40(54)33(20-29-23-57-24-43-29)47-39(53)32(19-28-12-8-11-27-10-6-7-13-30(27)28)44-37(51)15-17-58-59-41-35(48(55)56)14-9-16-42-41/h6-14,16,23-26,31-34,36,49-50H,5,15,17-22H2,1-4H3,(H,44,51)(H,45,52)(H,46,54)(H,47,53)/t26-,31-,32-,33?,34+,36-/m0/s1. The van der Waals surface area contributed by atoms with Gasteiger partial charge in [-0.05, 0) is 51.5 Å². The smallest absolute Gasteiger partial charge is 0.302 e. The lowest BCUT2D eigenvalue weighted by Crippen LogP contribution is -2.57. The number of nitrogens with zero attached hydrogens (tertiary/aromatic N) is 3. The molecular weight excluding hydrogens is 815 g/mol. The van der Waals surface area contributed by atoms with Crippen LogP contribution in [0.3, 0.4) is 0 Å². The lowest BCUT2D eigenvalue weighted by molar-refractivity contribution is -0.388. The molecule has 0 aliphatic heterocycles. The maximum Gasteiger partial charge on any atom is 0.302 e. The van der Waals surface area contributed by atoms with Crippen molar-refractivity contribution in [1.29, 1.82) is 0 Å². The van der Waals surface area contributed by atoms with Gasteiger partial charge in [0.1, 0.15) is 12.1 Å². The van der Waals surface area contributed by atoms with Crippen LogP contribution in [0.15, 0.2) is 76.7 Å². The zero-order valence-electron chi connectivity index (χ0n) is 33.5. The summed E-state index contributed by atoms with van der Waals surface area (Å²) in [6.07, 6.45) is 1.03. The van der Waals surface area contributed by atoms with E-state index in [4.69, 9.17) is 0 Å². The van der Waals surface area contributed by atoms with Crippen LogP contribution in [0.25, 0.3) is 10.8 Å². The summed E-state index contributed by atoms with van der Waals surface area (Å²) in [5, 5.41) is 47.7. The van der Waals surface area contributed by atoms with Gasteiger partial charge in [-0.1, -0.05) is 87.4 Å². The van der Waals surface area contributed by atoms with Crippen molar-refractivity contribution in [1.82, 2.24) is 31.2 Å². The number of aliphatic hydroxyl groups excluding tert-OH is 2. The summed E-state index contributed by atoms with van der Waals surface area (Å²) in [5.74, 6) is -1.83. The largest absolute Gasteiger partial charge is 0.394 e. The highest BCUT2D eigenvalue weighted by molar-refractivity contribution is 8.76. The van der Waals surface area contributed by atoms with Gasteiger partial charge >= 0.3 is 5.69 Å². The Morgan fingerprint density at radius 2 is 1.61 bits per heavy atom. The zero-order valence-corrected chi connectivity index (χ0v) is 36.0. The number of carbonyl (C=O) groups excluding carboxylic acids is 4. The highest BCUT2D eigenvalue weighted by Crippen LogP contribution is 2.35. The maximum atomic E-state index is 14.3. The summed E-state index contributed by atoms with van der Waals surface area (Å²) in [6, 6.07) is 12.6. The molecule has 0 aliphatic rings. The van der Waals surface area contributed by atoms with Crippen LogP contribution in [0.5, 0.6) is 0 Å². The van der Waals surface area contributed by atoms with E-state index in [0.717, 1.165) is 33.6 Å². The van der Waals surface area contributed by atoms with Gasteiger partial charge in [0.05, 0.1) is 47.3 Å². The van der Waals surface area contributed by atoms with Gasteiger partial charge < -0.3 is 31.5 Å². The number of benzene rings is 2. The molecule has 0 fully saturated rings. The summed E-state index contributed by atoms with van der Waals surface area (Å²) >= 11 is 1.33. The van der Waals surface area contributed by atoms with Crippen molar-refractivity contribution >= 4 is 73.0 Å². The van der Waals surface area contributed by atoms with E-state index < -0.39 is 58.8 Å². The summed E-state index contributed by atoms with van der Waals surface area (Å²) in [7, 11) is 2.30. The van der Waals surface area contributed by atoms with Crippen molar-refractivity contribution in [2.45, 2.75) is 102 Å². The molecule has 2 aromatic heterocycles. The molecule has 0 spiro atoms. The highest BCUT2D eigenvalue weighted by Gasteiger charge is 2.32. The van der Waals surface area contributed by atoms with Crippen LogP contribution >= 0.6 is 32.9 Å². The number of nitrogens with one attached hydrogen (secondary N) is 4. The first-order valence-electron chi connectivity index (χ1n) is 19.5. The first-order chi connectivity index (χ1) is 28.3. The Labute approximate surface area is 355 Å². The normalized spacial score (nSPS) is 14.4. The minimum atomic E-state index is -1.27. The molecule has 59 heavy (non-hydrogen) atoms. The fraction of sp³-hybridized carbons (Fsp3) is 0.463. The molecule has 4 amide bonds. The fourth-order valence-corrected chi connectivity index (χ4v) is 8.95. The van der Waals surface area contributed by atoms with E-state index in [9.17, 15) is 39.5 Å². The number of hydrogen-bond acceptors (Lipinski definition) is 13. The van der Waals surface area contributed by atoms with Gasteiger partial charge in [0.15, 0.2) is 5.03 Å². The van der Waals surface area contributed by atoms with Crippen LogP contribution in [-0.2, 0) is 32.0 Å². The first kappa shape index (κ1) is 47.1. The van der Waals surface area contributed by atoms with E-state index in [1.54, 1.807) is 10.9 Å². The third kappa shape index (κ3) is 14.9. The quantitative estimate of drug-likeness (QED) is 0.0237. The van der Waals surface area contributed by atoms with Gasteiger partial charge in [-0.3, -0.25) is 29.3 Å². The SMILES string of the molecule is CC[C@H](C)[C@@H](CO)NC(=O)C[C@H](O)[C@H](CC(C)C)NC(=O)C(Cc1cscn1)NC(=O)[C@H](Cc1cccc2ccccc12)NC(=O)CCSSc1ncccc1[N+](=O)[O-]. The van der Waals surface area contributed by atoms with Crippen molar-refractivity contribution in [3.8, 4) is 0 Å². The van der Waals surface area contributed by atoms with Crippen LogP contribution in [0, 0.1) is 22.0 Å². The second kappa shape index (κ2) is 23.8. The molecule has 2 heterocycles. The number of thiazole rings is 1. The van der Waals surface area contributed by atoms with E-state index in [1.165, 1.54) is 40.5 Å². The van der Waals surface area contributed by atoms with Crippen molar-refractivity contribution in [2.24, 2.45) is 11.8 Å². The first-order valence-corrected chi connectivity index (χ1v) is 22.8. The Morgan fingerprint density at radius 1 is 0.881 bits per heavy atom. The minimum Gasteiger partial charge on any atom is -0.394 e. The molecule has 0 saturated carbocycles. The van der Waals surface area contributed by atoms with Crippen LogP contribution < -0.4 is 21.3 Å².